The van der Waals surface area contributed by atoms with Crippen LogP contribution in [0.3, 0.4) is 0 Å². The molecule has 4 N–H and O–H groups in total. The standard InChI is InChI=1S/C10H13FN2/c1-2-4-9(12)7-5-3-6-8(11)10(7)13/h2-3,5-6,9H,1,4,12-13H2. The number of nitrogens with two attached hydrogens (primary N) is 2. The number of anilines is 1. The molecule has 0 saturated carbocycles. The molecular weight excluding hydrogens is 167 g/mol. The zero-order chi connectivity index (χ0) is 9.84. The van der Waals surface area contributed by atoms with Gasteiger partial charge in [0.2, 0.25) is 0 Å². The van der Waals surface area contributed by atoms with Crippen LogP contribution in [0.2, 0.25) is 0 Å². The fraction of sp³-hybridized carbons (Fsp3) is 0.200. The zero-order valence-electron chi connectivity index (χ0n) is 7.33. The molecule has 0 aliphatic carbocycles. The van der Waals surface area contributed by atoms with Gasteiger partial charge < -0.3 is 11.5 Å². The first kappa shape index (κ1) is 9.74. The highest BCUT2D eigenvalue weighted by Crippen LogP contribution is 2.23. The van der Waals surface area contributed by atoms with Crippen LogP contribution in [0.5, 0.6) is 0 Å². The molecule has 3 heteroatoms. The molecule has 0 bridgehead atoms. The maximum Gasteiger partial charge on any atom is 0.146 e. The maximum absolute atomic E-state index is 13.0. The number of halogens is 1. The average Bonchev–Trinajstić information content (AvgIpc) is 2.10. The Morgan fingerprint density at radius 2 is 2.23 bits per heavy atom. The van der Waals surface area contributed by atoms with Crippen molar-refractivity contribution in [3.05, 3.63) is 42.2 Å². The van der Waals surface area contributed by atoms with Gasteiger partial charge in [-0.15, -0.1) is 6.58 Å². The van der Waals surface area contributed by atoms with Crippen molar-refractivity contribution >= 4 is 5.69 Å². The molecular formula is C10H13FN2. The smallest absolute Gasteiger partial charge is 0.146 e. The molecule has 1 aromatic carbocycles. The summed E-state index contributed by atoms with van der Waals surface area (Å²) in [6.07, 6.45) is 2.28. The lowest BCUT2D eigenvalue weighted by molar-refractivity contribution is 0.625. The number of hydrogen-bond donors (Lipinski definition) is 2. The van der Waals surface area contributed by atoms with Gasteiger partial charge in [-0.05, 0) is 18.1 Å². The summed E-state index contributed by atoms with van der Waals surface area (Å²) >= 11 is 0. The number of para-hydroxylation sites is 1. The predicted octanol–water partition coefficient (Wildman–Crippen LogP) is 1.98. The Morgan fingerprint density at radius 3 is 2.85 bits per heavy atom. The third-order valence-electron chi connectivity index (χ3n) is 1.91. The van der Waals surface area contributed by atoms with E-state index in [4.69, 9.17) is 11.5 Å². The van der Waals surface area contributed by atoms with Gasteiger partial charge in [-0.25, -0.2) is 4.39 Å². The first-order chi connectivity index (χ1) is 6.16. The van der Waals surface area contributed by atoms with Gasteiger partial charge in [-0.2, -0.15) is 0 Å². The second-order valence-corrected chi connectivity index (χ2v) is 2.87. The Bertz CT molecular complexity index is 310. The van der Waals surface area contributed by atoms with Gasteiger partial charge in [0.25, 0.3) is 0 Å². The Hall–Kier alpha value is -1.35. The lowest BCUT2D eigenvalue weighted by atomic mass is 10.0. The lowest BCUT2D eigenvalue weighted by Gasteiger charge is -2.12. The van der Waals surface area contributed by atoms with Crippen molar-refractivity contribution in [2.75, 3.05) is 5.73 Å². The third kappa shape index (κ3) is 2.06. The van der Waals surface area contributed by atoms with Gasteiger partial charge >= 0.3 is 0 Å². The van der Waals surface area contributed by atoms with Crippen LogP contribution in [0, 0.1) is 5.82 Å². The van der Waals surface area contributed by atoms with Crippen molar-refractivity contribution in [1.82, 2.24) is 0 Å². The summed E-state index contributed by atoms with van der Waals surface area (Å²) < 4.78 is 13.0. The fourth-order valence-electron chi connectivity index (χ4n) is 1.18. The molecule has 0 aliphatic rings. The van der Waals surface area contributed by atoms with E-state index in [1.165, 1.54) is 6.07 Å². The fourth-order valence-corrected chi connectivity index (χ4v) is 1.18. The second kappa shape index (κ2) is 4.05. The summed E-state index contributed by atoms with van der Waals surface area (Å²) in [6, 6.07) is 4.38. The van der Waals surface area contributed by atoms with Crippen LogP contribution >= 0.6 is 0 Å². The van der Waals surface area contributed by atoms with E-state index in [0.29, 0.717) is 12.0 Å². The minimum Gasteiger partial charge on any atom is -0.396 e. The zero-order valence-corrected chi connectivity index (χ0v) is 7.33. The van der Waals surface area contributed by atoms with Gasteiger partial charge in [0.15, 0.2) is 0 Å². The molecule has 0 heterocycles. The normalized spacial score (nSPS) is 12.5. The molecule has 0 saturated heterocycles. The van der Waals surface area contributed by atoms with Crippen molar-refractivity contribution in [3.8, 4) is 0 Å². The van der Waals surface area contributed by atoms with Gasteiger partial charge in [-0.3, -0.25) is 0 Å². The monoisotopic (exact) mass is 180 g/mol. The summed E-state index contributed by atoms with van der Waals surface area (Å²) in [5.41, 5.74) is 12.1. The van der Waals surface area contributed by atoms with E-state index in [9.17, 15) is 4.39 Å². The van der Waals surface area contributed by atoms with Gasteiger partial charge in [0.1, 0.15) is 5.82 Å². The molecule has 13 heavy (non-hydrogen) atoms. The van der Waals surface area contributed by atoms with E-state index in [0.717, 1.165) is 0 Å². The van der Waals surface area contributed by atoms with Crippen LogP contribution in [-0.4, -0.2) is 0 Å². The van der Waals surface area contributed by atoms with Crippen LogP contribution in [0.25, 0.3) is 0 Å². The quantitative estimate of drug-likeness (QED) is 0.552. The van der Waals surface area contributed by atoms with E-state index in [-0.39, 0.29) is 11.7 Å². The van der Waals surface area contributed by atoms with E-state index in [1.54, 1.807) is 18.2 Å². The topological polar surface area (TPSA) is 52.0 Å². The van der Waals surface area contributed by atoms with Crippen LogP contribution < -0.4 is 11.5 Å². The average molecular weight is 180 g/mol. The molecule has 1 rings (SSSR count). The van der Waals surface area contributed by atoms with Crippen LogP contribution in [0.1, 0.15) is 18.0 Å². The SMILES string of the molecule is C=CCC(N)c1cccc(F)c1N. The number of nitrogen functional groups attached to an aromatic ring is 1. The molecule has 1 atom stereocenters. The highest BCUT2D eigenvalue weighted by Gasteiger charge is 2.10. The molecule has 2 nitrogen and oxygen atoms in total. The molecule has 0 radical (unpaired) electrons. The third-order valence-corrected chi connectivity index (χ3v) is 1.91. The Balaban J connectivity index is 3.00. The van der Waals surface area contributed by atoms with Crippen LogP contribution in [-0.2, 0) is 0 Å². The molecule has 1 aromatic rings. The maximum atomic E-state index is 13.0. The molecule has 0 amide bonds. The Kier molecular flexibility index (Phi) is 3.03. The van der Waals surface area contributed by atoms with Crippen molar-refractivity contribution in [2.45, 2.75) is 12.5 Å². The highest BCUT2D eigenvalue weighted by molar-refractivity contribution is 5.49. The van der Waals surface area contributed by atoms with Crippen molar-refractivity contribution in [1.29, 1.82) is 0 Å². The van der Waals surface area contributed by atoms with E-state index >= 15 is 0 Å². The van der Waals surface area contributed by atoms with Gasteiger partial charge in [-0.1, -0.05) is 18.2 Å². The highest BCUT2D eigenvalue weighted by atomic mass is 19.1. The largest absolute Gasteiger partial charge is 0.396 e. The molecule has 0 aromatic heterocycles. The van der Waals surface area contributed by atoms with Crippen molar-refractivity contribution < 1.29 is 4.39 Å². The first-order valence-corrected chi connectivity index (χ1v) is 4.07. The summed E-state index contributed by atoms with van der Waals surface area (Å²) in [5.74, 6) is -0.419. The Labute approximate surface area is 77.0 Å². The number of benzene rings is 1. The second-order valence-electron chi connectivity index (χ2n) is 2.87. The first-order valence-electron chi connectivity index (χ1n) is 4.07. The summed E-state index contributed by atoms with van der Waals surface area (Å²) in [4.78, 5) is 0. The predicted molar refractivity (Wildman–Crippen MR) is 52.6 cm³/mol. The summed E-state index contributed by atoms with van der Waals surface area (Å²) in [5, 5.41) is 0. The number of rotatable bonds is 3. The molecule has 0 aliphatic heterocycles. The molecule has 70 valence electrons. The van der Waals surface area contributed by atoms with Crippen molar-refractivity contribution in [3.63, 3.8) is 0 Å². The molecule has 0 spiro atoms. The summed E-state index contributed by atoms with van der Waals surface area (Å²) in [7, 11) is 0. The van der Waals surface area contributed by atoms with Gasteiger partial charge in [0, 0.05) is 6.04 Å². The van der Waals surface area contributed by atoms with E-state index in [2.05, 4.69) is 6.58 Å². The minimum absolute atomic E-state index is 0.136. The summed E-state index contributed by atoms with van der Waals surface area (Å²) in [6.45, 7) is 3.56. The molecule has 0 fully saturated rings. The number of hydrogen-bond acceptors (Lipinski definition) is 2. The molecule has 1 unspecified atom stereocenters. The lowest BCUT2D eigenvalue weighted by Crippen LogP contribution is -2.12. The Morgan fingerprint density at radius 1 is 1.54 bits per heavy atom. The minimum atomic E-state index is -0.419. The van der Waals surface area contributed by atoms with Crippen molar-refractivity contribution in [2.24, 2.45) is 5.73 Å². The van der Waals surface area contributed by atoms with Gasteiger partial charge in [0.05, 0.1) is 5.69 Å². The van der Waals surface area contributed by atoms with Crippen LogP contribution in [0.4, 0.5) is 10.1 Å². The van der Waals surface area contributed by atoms with E-state index < -0.39 is 5.82 Å². The van der Waals surface area contributed by atoms with Crippen LogP contribution in [0.15, 0.2) is 30.9 Å². The van der Waals surface area contributed by atoms with E-state index in [1.807, 2.05) is 0 Å².